The van der Waals surface area contributed by atoms with Gasteiger partial charge < -0.3 is 5.11 Å². The van der Waals surface area contributed by atoms with E-state index in [1.165, 1.54) is 10.9 Å². The molecule has 2 N–H and O–H groups in total. The molecule has 2 aromatic rings. The average molecular weight is 240 g/mol. The van der Waals surface area contributed by atoms with E-state index in [0.717, 1.165) is 0 Å². The molecule has 0 bridgehead atoms. The average Bonchev–Trinajstić information content (AvgIpc) is 2.55. The molecule has 0 saturated heterocycles. The van der Waals surface area contributed by atoms with Crippen LogP contribution in [0.3, 0.4) is 0 Å². The van der Waals surface area contributed by atoms with Gasteiger partial charge >= 0.3 is 5.69 Å². The Labute approximate surface area is 93.8 Å². The molecule has 0 aliphatic carbocycles. The minimum absolute atomic E-state index is 0.199. The van der Waals surface area contributed by atoms with Crippen molar-refractivity contribution in [3.63, 3.8) is 0 Å². The molecule has 0 atom stereocenters. The zero-order valence-electron chi connectivity index (χ0n) is 9.06. The number of hydrogen-bond acceptors (Lipinski definition) is 4. The molecule has 0 radical (unpaired) electrons. The highest BCUT2D eigenvalue weighted by Crippen LogP contribution is 2.16. The second kappa shape index (κ2) is 3.58. The summed E-state index contributed by atoms with van der Waals surface area (Å²) in [6.45, 7) is 1.59. The van der Waals surface area contributed by atoms with Gasteiger partial charge in [-0.25, -0.2) is 9.36 Å². The van der Waals surface area contributed by atoms with Gasteiger partial charge in [-0.2, -0.15) is 9.49 Å². The Morgan fingerprint density at radius 1 is 1.47 bits per heavy atom. The monoisotopic (exact) mass is 240 g/mol. The number of hydrogen-bond donors (Lipinski definition) is 2. The fourth-order valence-corrected chi connectivity index (χ4v) is 1.53. The Bertz CT molecular complexity index is 697. The first kappa shape index (κ1) is 11.1. The van der Waals surface area contributed by atoms with E-state index in [-0.39, 0.29) is 5.69 Å². The largest absolute Gasteiger partial charge is 0.492 e. The topological polar surface area (TPSA) is 92.9 Å². The van der Waals surface area contributed by atoms with Crippen molar-refractivity contribution >= 4 is 0 Å². The molecule has 0 spiro atoms. The summed E-state index contributed by atoms with van der Waals surface area (Å²) in [6, 6.07) is 0. The molecule has 0 fully saturated rings. The lowest BCUT2D eigenvalue weighted by atomic mass is 10.4. The first-order valence-corrected chi connectivity index (χ1v) is 4.66. The van der Waals surface area contributed by atoms with E-state index >= 15 is 0 Å². The number of aromatic amines is 1. The van der Waals surface area contributed by atoms with E-state index < -0.39 is 22.9 Å². The van der Waals surface area contributed by atoms with Gasteiger partial charge in [0.2, 0.25) is 11.7 Å². The van der Waals surface area contributed by atoms with E-state index in [9.17, 15) is 19.1 Å². The molecule has 7 nitrogen and oxygen atoms in total. The molecule has 2 heterocycles. The molecule has 8 heteroatoms. The van der Waals surface area contributed by atoms with Gasteiger partial charge in [0.05, 0.1) is 11.4 Å². The first-order chi connectivity index (χ1) is 7.91. The fraction of sp³-hybridized carbons (Fsp3) is 0.222. The van der Waals surface area contributed by atoms with Crippen molar-refractivity contribution in [2.24, 2.45) is 7.05 Å². The third kappa shape index (κ3) is 1.63. The van der Waals surface area contributed by atoms with Crippen LogP contribution in [0.15, 0.2) is 15.8 Å². The molecule has 90 valence electrons. The van der Waals surface area contributed by atoms with Crippen LogP contribution in [0.4, 0.5) is 4.39 Å². The normalized spacial score (nSPS) is 10.8. The number of rotatable bonds is 1. The van der Waals surface area contributed by atoms with E-state index in [4.69, 9.17) is 0 Å². The second-order valence-electron chi connectivity index (χ2n) is 3.51. The van der Waals surface area contributed by atoms with Crippen LogP contribution in [0.5, 0.6) is 5.88 Å². The molecule has 0 amide bonds. The smallest absolute Gasteiger partial charge is 0.336 e. The molecule has 0 aromatic carbocycles. The van der Waals surface area contributed by atoms with E-state index in [2.05, 4.69) is 5.10 Å². The quantitative estimate of drug-likeness (QED) is 0.697. The van der Waals surface area contributed by atoms with Crippen molar-refractivity contribution in [1.82, 2.24) is 19.3 Å². The summed E-state index contributed by atoms with van der Waals surface area (Å²) in [6.07, 6.45) is 1.42. The maximum absolute atomic E-state index is 13.2. The van der Waals surface area contributed by atoms with Crippen molar-refractivity contribution in [2.75, 3.05) is 0 Å². The Morgan fingerprint density at radius 3 is 2.65 bits per heavy atom. The lowest BCUT2D eigenvalue weighted by Crippen LogP contribution is -2.31. The third-order valence-electron chi connectivity index (χ3n) is 2.26. The Balaban J connectivity index is 2.85. The summed E-state index contributed by atoms with van der Waals surface area (Å²) < 4.78 is 15.3. The summed E-state index contributed by atoms with van der Waals surface area (Å²) >= 11 is 0. The van der Waals surface area contributed by atoms with E-state index in [1.807, 2.05) is 0 Å². The maximum Gasteiger partial charge on any atom is 0.336 e. The van der Waals surface area contributed by atoms with Crippen LogP contribution in [0, 0.1) is 12.7 Å². The van der Waals surface area contributed by atoms with E-state index in [1.54, 1.807) is 19.0 Å². The lowest BCUT2D eigenvalue weighted by molar-refractivity contribution is 0.386. The summed E-state index contributed by atoms with van der Waals surface area (Å²) in [4.78, 5) is 24.2. The highest BCUT2D eigenvalue weighted by Gasteiger charge is 2.17. The van der Waals surface area contributed by atoms with E-state index in [0.29, 0.717) is 10.3 Å². The Hall–Kier alpha value is -2.38. The van der Waals surface area contributed by atoms with Crippen molar-refractivity contribution in [1.29, 1.82) is 0 Å². The summed E-state index contributed by atoms with van der Waals surface area (Å²) in [5.41, 5.74) is -1.57. The lowest BCUT2D eigenvalue weighted by Gasteiger charge is -2.05. The molecule has 2 rings (SSSR count). The summed E-state index contributed by atoms with van der Waals surface area (Å²) in [5, 5.41) is 13.4. The molecular formula is C9H9FN4O3. The van der Waals surface area contributed by atoms with Crippen LogP contribution in [0.1, 0.15) is 5.69 Å². The number of nitrogens with zero attached hydrogens (tertiary/aromatic N) is 3. The zero-order chi connectivity index (χ0) is 12.7. The number of aromatic hydroxyl groups is 1. The van der Waals surface area contributed by atoms with Gasteiger partial charge in [0.25, 0.3) is 5.56 Å². The molecule has 17 heavy (non-hydrogen) atoms. The number of H-pyrrole nitrogens is 1. The Kier molecular flexibility index (Phi) is 2.34. The first-order valence-electron chi connectivity index (χ1n) is 4.66. The summed E-state index contributed by atoms with van der Waals surface area (Å²) in [5.74, 6) is -2.44. The highest BCUT2D eigenvalue weighted by molar-refractivity contribution is 5.37. The minimum atomic E-state index is -1.41. The van der Waals surface area contributed by atoms with Crippen LogP contribution in [-0.2, 0) is 7.05 Å². The fourth-order valence-electron chi connectivity index (χ4n) is 1.53. The molecule has 0 aliphatic rings. The van der Waals surface area contributed by atoms with Gasteiger partial charge in [-0.1, -0.05) is 0 Å². The van der Waals surface area contributed by atoms with Gasteiger partial charge in [0.1, 0.15) is 0 Å². The maximum atomic E-state index is 13.2. The van der Waals surface area contributed by atoms with Crippen molar-refractivity contribution < 1.29 is 9.50 Å². The molecule has 2 aromatic heterocycles. The number of aryl methyl sites for hydroxylation is 2. The molecule has 0 saturated carbocycles. The van der Waals surface area contributed by atoms with Crippen molar-refractivity contribution in [3.8, 4) is 11.6 Å². The molecule has 0 aliphatic heterocycles. The predicted octanol–water partition coefficient (Wildman–Crippen LogP) is -0.588. The van der Waals surface area contributed by atoms with Gasteiger partial charge in [-0.3, -0.25) is 14.5 Å². The molecular weight excluding hydrogens is 231 g/mol. The third-order valence-corrected chi connectivity index (χ3v) is 2.26. The zero-order valence-corrected chi connectivity index (χ0v) is 9.06. The van der Waals surface area contributed by atoms with Crippen LogP contribution >= 0.6 is 0 Å². The predicted molar refractivity (Wildman–Crippen MR) is 55.8 cm³/mol. The van der Waals surface area contributed by atoms with Gasteiger partial charge in [0.15, 0.2) is 0 Å². The molecule has 0 unspecified atom stereocenters. The van der Waals surface area contributed by atoms with Crippen LogP contribution in [0.25, 0.3) is 5.69 Å². The standard InChI is InChI=1S/C9H9FN4O3/c1-4-5(3-13(2)12-4)14-8(16)6(10)7(15)11-9(14)17/h3,16H,1-2H3,(H,11,15,17). The SMILES string of the molecule is Cc1nn(C)cc1-n1c(O)c(F)c(=O)[nH]c1=O. The minimum Gasteiger partial charge on any atom is -0.492 e. The number of halogens is 1. The van der Waals surface area contributed by atoms with Gasteiger partial charge in [-0.15, -0.1) is 0 Å². The number of nitrogens with one attached hydrogen (secondary N) is 1. The van der Waals surface area contributed by atoms with Crippen LogP contribution < -0.4 is 11.2 Å². The van der Waals surface area contributed by atoms with Crippen molar-refractivity contribution in [2.45, 2.75) is 6.92 Å². The highest BCUT2D eigenvalue weighted by atomic mass is 19.1. The van der Waals surface area contributed by atoms with Gasteiger partial charge in [-0.05, 0) is 6.92 Å². The van der Waals surface area contributed by atoms with Crippen molar-refractivity contribution in [3.05, 3.63) is 38.5 Å². The van der Waals surface area contributed by atoms with Crippen LogP contribution in [-0.4, -0.2) is 24.4 Å². The van der Waals surface area contributed by atoms with Gasteiger partial charge in [0, 0.05) is 13.2 Å². The number of aromatic nitrogens is 4. The Morgan fingerprint density at radius 2 is 2.12 bits per heavy atom. The van der Waals surface area contributed by atoms with Crippen LogP contribution in [0.2, 0.25) is 0 Å². The summed E-state index contributed by atoms with van der Waals surface area (Å²) in [7, 11) is 1.61. The second-order valence-corrected chi connectivity index (χ2v) is 3.51.